The van der Waals surface area contributed by atoms with Crippen LogP contribution in [0.15, 0.2) is 12.3 Å². The van der Waals surface area contributed by atoms with E-state index in [2.05, 4.69) is 15.3 Å². The molecule has 0 atom stereocenters. The summed E-state index contributed by atoms with van der Waals surface area (Å²) in [5.41, 5.74) is -0.244. The zero-order chi connectivity index (χ0) is 11.3. The molecule has 0 aromatic carbocycles. The molecular formula is C10H17N3O2. The predicted molar refractivity (Wildman–Crippen MR) is 58.2 cm³/mol. The van der Waals surface area contributed by atoms with Crippen molar-refractivity contribution in [3.05, 3.63) is 12.3 Å². The Hall–Kier alpha value is -1.36. The highest BCUT2D eigenvalue weighted by Crippen LogP contribution is 2.10. The Kier molecular flexibility index (Phi) is 3.85. The topological polar surface area (TPSA) is 56.3 Å². The molecule has 0 aliphatic heterocycles. The van der Waals surface area contributed by atoms with E-state index < -0.39 is 0 Å². The Morgan fingerprint density at radius 2 is 2.13 bits per heavy atom. The normalized spacial score (nSPS) is 11.2. The van der Waals surface area contributed by atoms with Gasteiger partial charge < -0.3 is 14.8 Å². The maximum absolute atomic E-state index is 5.27. The van der Waals surface area contributed by atoms with Crippen molar-refractivity contribution in [2.24, 2.45) is 0 Å². The van der Waals surface area contributed by atoms with Crippen LogP contribution in [0.4, 0.5) is 5.95 Å². The van der Waals surface area contributed by atoms with Crippen molar-refractivity contribution in [1.29, 1.82) is 0 Å². The predicted octanol–water partition coefficient (Wildman–Crippen LogP) is 1.32. The van der Waals surface area contributed by atoms with Gasteiger partial charge in [-0.25, -0.2) is 4.98 Å². The van der Waals surface area contributed by atoms with Gasteiger partial charge in [-0.15, -0.1) is 0 Å². The Morgan fingerprint density at radius 3 is 2.73 bits per heavy atom. The van der Waals surface area contributed by atoms with Gasteiger partial charge in [0.2, 0.25) is 11.8 Å². The summed E-state index contributed by atoms with van der Waals surface area (Å²) in [7, 11) is 3.25. The standard InChI is InChI=1S/C10H17N3O2/c1-10(2,15-4)7-12-9-11-6-5-8(13-9)14-3/h5-6H,7H2,1-4H3,(H,11,12,13). The summed E-state index contributed by atoms with van der Waals surface area (Å²) in [4.78, 5) is 8.20. The molecule has 0 unspecified atom stereocenters. The Morgan fingerprint density at radius 1 is 1.40 bits per heavy atom. The summed E-state index contributed by atoms with van der Waals surface area (Å²) in [6, 6.07) is 1.70. The molecule has 1 aromatic heterocycles. The first-order valence-electron chi connectivity index (χ1n) is 4.73. The first-order chi connectivity index (χ1) is 7.07. The number of aromatic nitrogens is 2. The largest absolute Gasteiger partial charge is 0.481 e. The lowest BCUT2D eigenvalue weighted by Crippen LogP contribution is -2.32. The third-order valence-corrected chi connectivity index (χ3v) is 2.06. The lowest BCUT2D eigenvalue weighted by molar-refractivity contribution is 0.0342. The zero-order valence-electron chi connectivity index (χ0n) is 9.57. The first kappa shape index (κ1) is 11.7. The van der Waals surface area contributed by atoms with Crippen molar-refractivity contribution in [2.75, 3.05) is 26.1 Å². The van der Waals surface area contributed by atoms with Crippen LogP contribution in [0.3, 0.4) is 0 Å². The third-order valence-electron chi connectivity index (χ3n) is 2.06. The molecule has 5 heteroatoms. The maximum Gasteiger partial charge on any atom is 0.226 e. The van der Waals surface area contributed by atoms with Crippen molar-refractivity contribution in [3.8, 4) is 5.88 Å². The quantitative estimate of drug-likeness (QED) is 0.796. The highest BCUT2D eigenvalue weighted by atomic mass is 16.5. The lowest BCUT2D eigenvalue weighted by atomic mass is 10.1. The highest BCUT2D eigenvalue weighted by Gasteiger charge is 2.16. The molecular weight excluding hydrogens is 194 g/mol. The molecule has 5 nitrogen and oxygen atoms in total. The molecule has 0 fully saturated rings. The summed E-state index contributed by atoms with van der Waals surface area (Å²) in [6.07, 6.45) is 1.65. The fourth-order valence-corrected chi connectivity index (χ4v) is 0.905. The van der Waals surface area contributed by atoms with Crippen LogP contribution in [0, 0.1) is 0 Å². The average molecular weight is 211 g/mol. The summed E-state index contributed by atoms with van der Waals surface area (Å²) >= 11 is 0. The number of rotatable bonds is 5. The fourth-order valence-electron chi connectivity index (χ4n) is 0.905. The van der Waals surface area contributed by atoms with Gasteiger partial charge in [-0.1, -0.05) is 0 Å². The second kappa shape index (κ2) is 4.93. The van der Waals surface area contributed by atoms with E-state index in [9.17, 15) is 0 Å². The van der Waals surface area contributed by atoms with Crippen molar-refractivity contribution in [2.45, 2.75) is 19.4 Å². The number of hydrogen-bond acceptors (Lipinski definition) is 5. The van der Waals surface area contributed by atoms with Gasteiger partial charge in [-0.3, -0.25) is 0 Å². The minimum absolute atomic E-state index is 0.244. The van der Waals surface area contributed by atoms with E-state index in [4.69, 9.17) is 9.47 Å². The van der Waals surface area contributed by atoms with Crippen LogP contribution in [0.2, 0.25) is 0 Å². The second-order valence-corrected chi connectivity index (χ2v) is 3.74. The SMILES string of the molecule is COc1ccnc(NCC(C)(C)OC)n1. The maximum atomic E-state index is 5.27. The van der Waals surface area contributed by atoms with Gasteiger partial charge in [0.1, 0.15) is 0 Å². The van der Waals surface area contributed by atoms with E-state index in [1.54, 1.807) is 26.5 Å². The third kappa shape index (κ3) is 3.71. The molecule has 1 heterocycles. The summed E-state index contributed by atoms with van der Waals surface area (Å²) in [5, 5.41) is 3.08. The van der Waals surface area contributed by atoms with Gasteiger partial charge in [0.05, 0.1) is 12.7 Å². The fraction of sp³-hybridized carbons (Fsp3) is 0.600. The Labute approximate surface area is 89.8 Å². The number of hydrogen-bond donors (Lipinski definition) is 1. The van der Waals surface area contributed by atoms with E-state index in [1.165, 1.54) is 0 Å². The summed E-state index contributed by atoms with van der Waals surface area (Å²) in [6.45, 7) is 4.61. The van der Waals surface area contributed by atoms with E-state index in [-0.39, 0.29) is 5.60 Å². The minimum Gasteiger partial charge on any atom is -0.481 e. The van der Waals surface area contributed by atoms with E-state index in [0.717, 1.165) is 0 Å². The van der Waals surface area contributed by atoms with Crippen LogP contribution in [-0.2, 0) is 4.74 Å². The second-order valence-electron chi connectivity index (χ2n) is 3.74. The van der Waals surface area contributed by atoms with Crippen LogP contribution >= 0.6 is 0 Å². The van der Waals surface area contributed by atoms with E-state index in [1.807, 2.05) is 13.8 Å². The molecule has 1 N–H and O–H groups in total. The molecule has 0 spiro atoms. The number of anilines is 1. The van der Waals surface area contributed by atoms with Gasteiger partial charge in [0.15, 0.2) is 0 Å². The molecule has 0 aliphatic carbocycles. The van der Waals surface area contributed by atoms with E-state index in [0.29, 0.717) is 18.4 Å². The van der Waals surface area contributed by atoms with Gasteiger partial charge in [0, 0.05) is 25.9 Å². The van der Waals surface area contributed by atoms with E-state index >= 15 is 0 Å². The molecule has 1 rings (SSSR count). The average Bonchev–Trinajstić information content (AvgIpc) is 2.27. The molecule has 15 heavy (non-hydrogen) atoms. The molecule has 0 saturated heterocycles. The van der Waals surface area contributed by atoms with Crippen LogP contribution in [0.5, 0.6) is 5.88 Å². The lowest BCUT2D eigenvalue weighted by Gasteiger charge is -2.22. The zero-order valence-corrected chi connectivity index (χ0v) is 9.57. The molecule has 1 aromatic rings. The highest BCUT2D eigenvalue weighted by molar-refractivity contribution is 5.27. The van der Waals surface area contributed by atoms with Crippen molar-refractivity contribution in [3.63, 3.8) is 0 Å². The Bertz CT molecular complexity index is 315. The number of methoxy groups -OCH3 is 2. The smallest absolute Gasteiger partial charge is 0.226 e. The molecule has 0 aliphatic rings. The van der Waals surface area contributed by atoms with Crippen molar-refractivity contribution < 1.29 is 9.47 Å². The van der Waals surface area contributed by atoms with Gasteiger partial charge in [-0.2, -0.15) is 4.98 Å². The summed E-state index contributed by atoms with van der Waals surface area (Å²) in [5.74, 6) is 1.09. The molecule has 0 radical (unpaired) electrons. The number of nitrogens with zero attached hydrogens (tertiary/aromatic N) is 2. The van der Waals surface area contributed by atoms with Gasteiger partial charge in [0.25, 0.3) is 0 Å². The van der Waals surface area contributed by atoms with Crippen molar-refractivity contribution in [1.82, 2.24) is 9.97 Å². The first-order valence-corrected chi connectivity index (χ1v) is 4.73. The van der Waals surface area contributed by atoms with Crippen LogP contribution in [-0.4, -0.2) is 36.3 Å². The monoisotopic (exact) mass is 211 g/mol. The molecule has 0 saturated carbocycles. The van der Waals surface area contributed by atoms with Crippen LogP contribution in [0.1, 0.15) is 13.8 Å². The molecule has 0 amide bonds. The molecule has 84 valence electrons. The Balaban J connectivity index is 2.57. The number of ether oxygens (including phenoxy) is 2. The minimum atomic E-state index is -0.244. The van der Waals surface area contributed by atoms with Gasteiger partial charge in [-0.05, 0) is 13.8 Å². The van der Waals surface area contributed by atoms with Gasteiger partial charge >= 0.3 is 0 Å². The summed E-state index contributed by atoms with van der Waals surface area (Å²) < 4.78 is 10.3. The van der Waals surface area contributed by atoms with Crippen LogP contribution in [0.25, 0.3) is 0 Å². The molecule has 0 bridgehead atoms. The van der Waals surface area contributed by atoms with Crippen molar-refractivity contribution >= 4 is 5.95 Å². The van der Waals surface area contributed by atoms with Crippen LogP contribution < -0.4 is 10.1 Å². The number of nitrogens with one attached hydrogen (secondary N) is 1.